The van der Waals surface area contributed by atoms with Crippen molar-refractivity contribution in [2.75, 3.05) is 0 Å². The van der Waals surface area contributed by atoms with Gasteiger partial charge in [0.25, 0.3) is 0 Å². The fraction of sp³-hybridized carbons (Fsp3) is 0.235. The van der Waals surface area contributed by atoms with E-state index in [9.17, 15) is 14.4 Å². The zero-order chi connectivity index (χ0) is 17.0. The number of nitrogens with zero attached hydrogens (tertiary/aromatic N) is 2. The maximum Gasteiger partial charge on any atom is 0.338 e. The molecule has 1 heterocycles. The van der Waals surface area contributed by atoms with Gasteiger partial charge in [-0.2, -0.15) is 5.26 Å². The van der Waals surface area contributed by atoms with Crippen molar-refractivity contribution in [3.8, 4) is 23.1 Å². The van der Waals surface area contributed by atoms with E-state index in [0.717, 1.165) is 18.7 Å². The van der Waals surface area contributed by atoms with E-state index in [1.165, 1.54) is 0 Å². The van der Waals surface area contributed by atoms with E-state index in [-0.39, 0.29) is 11.8 Å². The molecule has 1 N–H and O–H groups in total. The number of halogens is 1. The van der Waals surface area contributed by atoms with E-state index in [2.05, 4.69) is 4.98 Å². The highest BCUT2D eigenvalue weighted by Crippen LogP contribution is 2.27. The summed E-state index contributed by atoms with van der Waals surface area (Å²) in [6, 6.07) is 8.02. The molecule has 0 aliphatic heterocycles. The Balaban J connectivity index is 2.44. The molecule has 118 valence electrons. The van der Waals surface area contributed by atoms with Crippen LogP contribution in [0.25, 0.3) is 11.3 Å². The minimum Gasteiger partial charge on any atom is -0.489 e. The van der Waals surface area contributed by atoms with Gasteiger partial charge in [-0.15, -0.1) is 0 Å². The third-order valence-electron chi connectivity index (χ3n) is 3.38. The second-order valence-electron chi connectivity index (χ2n) is 5.01. The lowest BCUT2D eigenvalue weighted by Crippen LogP contribution is -2.10. The number of nitriles is 1. The van der Waals surface area contributed by atoms with E-state index < -0.39 is 17.3 Å². The zero-order valence-corrected chi connectivity index (χ0v) is 12.7. The Morgan fingerprint density at radius 3 is 2.83 bits per heavy atom. The lowest BCUT2D eigenvalue weighted by molar-refractivity contribution is 0.0691. The van der Waals surface area contributed by atoms with Gasteiger partial charge in [0.05, 0.1) is 29.1 Å². The molecule has 0 bridgehead atoms. The average molecular weight is 314 g/mol. The van der Waals surface area contributed by atoms with Gasteiger partial charge in [-0.3, -0.25) is 4.98 Å². The highest BCUT2D eigenvalue weighted by atomic mass is 19.1. The van der Waals surface area contributed by atoms with Crippen LogP contribution in [0, 0.1) is 17.1 Å². The molecule has 0 spiro atoms. The molecule has 0 amide bonds. The molecule has 1 atom stereocenters. The zero-order valence-electron chi connectivity index (χ0n) is 12.7. The molecule has 0 saturated heterocycles. The van der Waals surface area contributed by atoms with Gasteiger partial charge in [-0.05, 0) is 37.6 Å². The van der Waals surface area contributed by atoms with Gasteiger partial charge in [0, 0.05) is 5.56 Å². The van der Waals surface area contributed by atoms with Crippen molar-refractivity contribution < 1.29 is 19.0 Å². The summed E-state index contributed by atoms with van der Waals surface area (Å²) < 4.78 is 19.1. The molecule has 1 aromatic carbocycles. The van der Waals surface area contributed by atoms with Crippen molar-refractivity contribution in [2.24, 2.45) is 0 Å². The third kappa shape index (κ3) is 3.64. The van der Waals surface area contributed by atoms with Gasteiger partial charge < -0.3 is 9.84 Å². The van der Waals surface area contributed by atoms with Crippen LogP contribution in [0.15, 0.2) is 30.5 Å². The number of carboxylic acids is 1. The fourth-order valence-electron chi connectivity index (χ4n) is 1.94. The van der Waals surface area contributed by atoms with Gasteiger partial charge in [0.2, 0.25) is 0 Å². The first-order valence-electron chi connectivity index (χ1n) is 7.06. The van der Waals surface area contributed by atoms with E-state index >= 15 is 0 Å². The van der Waals surface area contributed by atoms with E-state index in [1.54, 1.807) is 18.2 Å². The summed E-state index contributed by atoms with van der Waals surface area (Å²) in [7, 11) is 0. The van der Waals surface area contributed by atoms with Gasteiger partial charge in [-0.25, -0.2) is 9.18 Å². The first kappa shape index (κ1) is 16.4. The molecule has 0 fully saturated rings. The van der Waals surface area contributed by atoms with Crippen LogP contribution in [0.5, 0.6) is 5.75 Å². The highest BCUT2D eigenvalue weighted by molar-refractivity contribution is 5.89. The number of carboxylic acid groups (broad SMARTS) is 1. The summed E-state index contributed by atoms with van der Waals surface area (Å²) in [6.07, 6.45) is 1.62. The molecule has 1 aromatic heterocycles. The van der Waals surface area contributed by atoms with Crippen LogP contribution < -0.4 is 4.74 Å². The second kappa shape index (κ2) is 6.88. The number of benzene rings is 1. The van der Waals surface area contributed by atoms with Crippen molar-refractivity contribution in [3.05, 3.63) is 47.4 Å². The average Bonchev–Trinajstić information content (AvgIpc) is 2.55. The number of ether oxygens (including phenoxy) is 1. The van der Waals surface area contributed by atoms with Crippen LogP contribution in [0.4, 0.5) is 4.39 Å². The predicted molar refractivity (Wildman–Crippen MR) is 81.7 cm³/mol. The van der Waals surface area contributed by atoms with Crippen molar-refractivity contribution in [1.82, 2.24) is 4.98 Å². The molecule has 0 radical (unpaired) electrons. The molecule has 0 aliphatic rings. The van der Waals surface area contributed by atoms with Crippen LogP contribution in [0.1, 0.15) is 36.2 Å². The van der Waals surface area contributed by atoms with Crippen molar-refractivity contribution in [3.63, 3.8) is 0 Å². The minimum absolute atomic E-state index is 0.0319. The van der Waals surface area contributed by atoms with Gasteiger partial charge in [-0.1, -0.05) is 6.92 Å². The Morgan fingerprint density at radius 1 is 1.48 bits per heavy atom. The maximum atomic E-state index is 13.4. The predicted octanol–water partition coefficient (Wildman–Crippen LogP) is 3.63. The number of rotatable bonds is 5. The first-order valence-corrected chi connectivity index (χ1v) is 7.06. The molecular formula is C17H15FN2O3. The standard InChI is InChI=1S/C17H15FN2O3/c1-3-10(2)23-16-5-4-11(6-12(16)8-19)15-7-13(17(21)22)14(18)9-20-15/h4-7,9-10H,3H2,1-2H3,(H,21,22). The van der Waals surface area contributed by atoms with Gasteiger partial charge >= 0.3 is 5.97 Å². The van der Waals surface area contributed by atoms with Gasteiger partial charge in [0.15, 0.2) is 5.82 Å². The highest BCUT2D eigenvalue weighted by Gasteiger charge is 2.14. The monoisotopic (exact) mass is 314 g/mol. The van der Waals surface area contributed by atoms with Crippen molar-refractivity contribution >= 4 is 5.97 Å². The van der Waals surface area contributed by atoms with Crippen LogP contribution in [-0.4, -0.2) is 22.2 Å². The lowest BCUT2D eigenvalue weighted by Gasteiger charge is -2.14. The summed E-state index contributed by atoms with van der Waals surface area (Å²) in [6.45, 7) is 3.87. The summed E-state index contributed by atoms with van der Waals surface area (Å²) in [5.74, 6) is -1.83. The molecular weight excluding hydrogens is 299 g/mol. The van der Waals surface area contributed by atoms with E-state index in [1.807, 2.05) is 19.9 Å². The summed E-state index contributed by atoms with van der Waals surface area (Å²) in [4.78, 5) is 14.9. The topological polar surface area (TPSA) is 83.2 Å². The molecule has 5 nitrogen and oxygen atoms in total. The van der Waals surface area contributed by atoms with Crippen molar-refractivity contribution in [1.29, 1.82) is 5.26 Å². The first-order chi connectivity index (χ1) is 11.0. The van der Waals surface area contributed by atoms with Crippen molar-refractivity contribution in [2.45, 2.75) is 26.4 Å². The Hall–Kier alpha value is -2.94. The molecule has 0 saturated carbocycles. The second-order valence-corrected chi connectivity index (χ2v) is 5.01. The number of hydrogen-bond donors (Lipinski definition) is 1. The van der Waals surface area contributed by atoms with Crippen LogP contribution in [0.3, 0.4) is 0 Å². The Labute approximate surface area is 133 Å². The van der Waals surface area contributed by atoms with Crippen LogP contribution in [-0.2, 0) is 0 Å². The normalized spacial score (nSPS) is 11.6. The number of aromatic nitrogens is 1. The third-order valence-corrected chi connectivity index (χ3v) is 3.38. The molecule has 23 heavy (non-hydrogen) atoms. The number of pyridine rings is 1. The lowest BCUT2D eigenvalue weighted by atomic mass is 10.1. The number of aromatic carboxylic acids is 1. The number of hydrogen-bond acceptors (Lipinski definition) is 4. The molecule has 2 aromatic rings. The van der Waals surface area contributed by atoms with Crippen LogP contribution in [0.2, 0.25) is 0 Å². The minimum atomic E-state index is -1.37. The van der Waals surface area contributed by atoms with E-state index in [4.69, 9.17) is 9.84 Å². The smallest absolute Gasteiger partial charge is 0.338 e. The number of carbonyl (C=O) groups is 1. The summed E-state index contributed by atoms with van der Waals surface area (Å²) in [5, 5.41) is 18.2. The molecule has 2 rings (SSSR count). The van der Waals surface area contributed by atoms with E-state index in [0.29, 0.717) is 16.9 Å². The largest absolute Gasteiger partial charge is 0.489 e. The van der Waals surface area contributed by atoms with Gasteiger partial charge in [0.1, 0.15) is 11.8 Å². The molecule has 6 heteroatoms. The SMILES string of the molecule is CCC(C)Oc1ccc(-c2cc(C(=O)O)c(F)cn2)cc1C#N. The maximum absolute atomic E-state index is 13.4. The van der Waals surface area contributed by atoms with Crippen LogP contribution >= 0.6 is 0 Å². The summed E-state index contributed by atoms with van der Waals surface area (Å²) in [5.41, 5.74) is 0.634. The quantitative estimate of drug-likeness (QED) is 0.911. The Kier molecular flexibility index (Phi) is 4.91. The molecule has 1 unspecified atom stereocenters. The Bertz CT molecular complexity index is 784. The molecule has 0 aliphatic carbocycles. The fourth-order valence-corrected chi connectivity index (χ4v) is 1.94. The Morgan fingerprint density at radius 2 is 2.22 bits per heavy atom. The summed E-state index contributed by atoms with van der Waals surface area (Å²) >= 11 is 0.